The van der Waals surface area contributed by atoms with Gasteiger partial charge in [-0.05, 0) is 6.42 Å². The summed E-state index contributed by atoms with van der Waals surface area (Å²) in [4.78, 5) is 11.4. The van der Waals surface area contributed by atoms with Gasteiger partial charge in [0.15, 0.2) is 0 Å². The minimum atomic E-state index is -0.955. The Morgan fingerprint density at radius 1 is 0.667 bits per heavy atom. The molecule has 0 aliphatic rings. The second-order valence-electron chi connectivity index (χ2n) is 8.63. The van der Waals surface area contributed by atoms with Gasteiger partial charge in [-0.3, -0.25) is 4.79 Å². The predicted molar refractivity (Wildman–Crippen MR) is 128 cm³/mol. The molecule has 0 fully saturated rings. The van der Waals surface area contributed by atoms with Gasteiger partial charge in [0.05, 0.1) is 6.61 Å². The van der Waals surface area contributed by atoms with Crippen LogP contribution in [0.15, 0.2) is 0 Å². The molecule has 1 unspecified atom stereocenters. The SMILES string of the molecule is CCCCCCCCCCCCCCCCCCCCCC(=O)OCC(O)CO.[Na]. The molecule has 1 atom stereocenters. The molecule has 0 saturated heterocycles. The summed E-state index contributed by atoms with van der Waals surface area (Å²) in [6, 6.07) is 0. The van der Waals surface area contributed by atoms with E-state index in [-0.39, 0.29) is 48.7 Å². The van der Waals surface area contributed by atoms with Gasteiger partial charge in [0.25, 0.3) is 0 Å². The van der Waals surface area contributed by atoms with Crippen LogP contribution in [-0.4, -0.2) is 65.1 Å². The summed E-state index contributed by atoms with van der Waals surface area (Å²) in [5.41, 5.74) is 0. The molecule has 0 aliphatic heterocycles. The van der Waals surface area contributed by atoms with Crippen molar-refractivity contribution in [2.45, 2.75) is 141 Å². The predicted octanol–water partition coefficient (Wildman–Crippen LogP) is 6.32. The smallest absolute Gasteiger partial charge is 0.305 e. The van der Waals surface area contributed by atoms with E-state index in [1.54, 1.807) is 0 Å². The molecule has 0 aromatic heterocycles. The first-order chi connectivity index (χ1) is 14.2. The average molecular weight is 438 g/mol. The topological polar surface area (TPSA) is 66.8 Å². The van der Waals surface area contributed by atoms with Gasteiger partial charge in [-0.2, -0.15) is 0 Å². The number of aliphatic hydroxyl groups excluding tert-OH is 2. The third-order valence-corrected chi connectivity index (χ3v) is 5.63. The van der Waals surface area contributed by atoms with Crippen LogP contribution in [-0.2, 0) is 9.53 Å². The summed E-state index contributed by atoms with van der Waals surface area (Å²) >= 11 is 0. The number of aliphatic hydroxyl groups is 2. The Labute approximate surface area is 209 Å². The van der Waals surface area contributed by atoms with E-state index >= 15 is 0 Å². The fraction of sp³-hybridized carbons (Fsp3) is 0.960. The minimum absolute atomic E-state index is 0. The molecule has 0 aromatic carbocycles. The van der Waals surface area contributed by atoms with Crippen LogP contribution in [0.5, 0.6) is 0 Å². The van der Waals surface area contributed by atoms with E-state index in [9.17, 15) is 4.79 Å². The van der Waals surface area contributed by atoms with Crippen LogP contribution in [0.25, 0.3) is 0 Å². The van der Waals surface area contributed by atoms with Crippen LogP contribution < -0.4 is 0 Å². The molecule has 0 saturated carbocycles. The molecule has 0 aliphatic carbocycles. The summed E-state index contributed by atoms with van der Waals surface area (Å²) in [5.74, 6) is -0.274. The first kappa shape index (κ1) is 32.6. The van der Waals surface area contributed by atoms with Gasteiger partial charge in [-0.1, -0.05) is 122 Å². The summed E-state index contributed by atoms with van der Waals surface area (Å²) in [5, 5.41) is 17.8. The molecule has 0 aromatic rings. The van der Waals surface area contributed by atoms with Crippen molar-refractivity contribution < 1.29 is 19.7 Å². The van der Waals surface area contributed by atoms with E-state index in [4.69, 9.17) is 14.9 Å². The quantitative estimate of drug-likeness (QED) is 0.111. The van der Waals surface area contributed by atoms with Crippen molar-refractivity contribution in [2.24, 2.45) is 0 Å². The van der Waals surface area contributed by atoms with Gasteiger partial charge >= 0.3 is 5.97 Å². The summed E-state index contributed by atoms with van der Waals surface area (Å²) in [7, 11) is 0. The first-order valence-corrected chi connectivity index (χ1v) is 12.6. The van der Waals surface area contributed by atoms with Crippen LogP contribution in [0.4, 0.5) is 0 Å². The number of carbonyl (C=O) groups is 1. The molecule has 0 bridgehead atoms. The zero-order valence-corrected chi connectivity index (χ0v) is 22.3. The van der Waals surface area contributed by atoms with E-state index in [0.717, 1.165) is 12.8 Å². The zero-order chi connectivity index (χ0) is 21.4. The van der Waals surface area contributed by atoms with E-state index in [2.05, 4.69) is 6.92 Å². The second-order valence-corrected chi connectivity index (χ2v) is 8.63. The van der Waals surface area contributed by atoms with Gasteiger partial charge in [-0.15, -0.1) is 0 Å². The summed E-state index contributed by atoms with van der Waals surface area (Å²) in [6.45, 7) is 1.81. The maximum atomic E-state index is 11.4. The molecule has 30 heavy (non-hydrogen) atoms. The van der Waals surface area contributed by atoms with Crippen LogP contribution in [0, 0.1) is 0 Å². The van der Waals surface area contributed by atoms with Crippen molar-refractivity contribution in [3.05, 3.63) is 0 Å². The third-order valence-electron chi connectivity index (χ3n) is 5.63. The molecule has 5 heteroatoms. The van der Waals surface area contributed by atoms with Crippen molar-refractivity contribution in [2.75, 3.05) is 13.2 Å². The summed E-state index contributed by atoms with van der Waals surface area (Å²) in [6.07, 6.45) is 24.9. The number of hydrogen-bond acceptors (Lipinski definition) is 4. The van der Waals surface area contributed by atoms with Gasteiger partial charge in [0, 0.05) is 36.0 Å². The molecule has 0 amide bonds. The first-order valence-electron chi connectivity index (χ1n) is 12.6. The molecular formula is C25H50NaO4. The van der Waals surface area contributed by atoms with Crippen molar-refractivity contribution in [3.63, 3.8) is 0 Å². The Hall–Kier alpha value is 0.390. The molecule has 0 spiro atoms. The van der Waals surface area contributed by atoms with E-state index in [1.165, 1.54) is 109 Å². The molecule has 175 valence electrons. The van der Waals surface area contributed by atoms with Crippen molar-refractivity contribution in [1.29, 1.82) is 0 Å². The molecule has 0 rings (SSSR count). The monoisotopic (exact) mass is 437 g/mol. The van der Waals surface area contributed by atoms with Crippen LogP contribution in [0.3, 0.4) is 0 Å². The normalized spacial score (nSPS) is 11.8. The van der Waals surface area contributed by atoms with Crippen molar-refractivity contribution in [1.82, 2.24) is 0 Å². The number of rotatable bonds is 23. The molecule has 1 radical (unpaired) electrons. The van der Waals surface area contributed by atoms with Crippen molar-refractivity contribution >= 4 is 35.5 Å². The maximum absolute atomic E-state index is 11.4. The molecule has 0 heterocycles. The fourth-order valence-electron chi connectivity index (χ4n) is 3.66. The fourth-order valence-corrected chi connectivity index (χ4v) is 3.66. The Morgan fingerprint density at radius 3 is 1.33 bits per heavy atom. The molecular weight excluding hydrogens is 387 g/mol. The Morgan fingerprint density at radius 2 is 1.00 bits per heavy atom. The van der Waals surface area contributed by atoms with E-state index in [1.807, 2.05) is 0 Å². The largest absolute Gasteiger partial charge is 0.463 e. The third kappa shape index (κ3) is 26.4. The Balaban J connectivity index is 0. The van der Waals surface area contributed by atoms with Crippen LogP contribution in [0.1, 0.15) is 135 Å². The Kier molecular flexibility index (Phi) is 29.8. The number of unbranched alkanes of at least 4 members (excludes halogenated alkanes) is 18. The standard InChI is InChI=1S/C25H50O4.Na/c1-2-3-4-5-6-7-8-9-10-11-12-13-14-15-16-17-18-19-20-21-25(28)29-23-24(27)22-26;/h24,26-27H,2-23H2,1H3;. The maximum Gasteiger partial charge on any atom is 0.305 e. The molecule has 2 N–H and O–H groups in total. The number of ether oxygens (including phenoxy) is 1. The number of carbonyl (C=O) groups excluding carboxylic acids is 1. The van der Waals surface area contributed by atoms with Gasteiger partial charge in [0.2, 0.25) is 0 Å². The minimum Gasteiger partial charge on any atom is -0.463 e. The average Bonchev–Trinajstić information content (AvgIpc) is 2.73. The van der Waals surface area contributed by atoms with Crippen LogP contribution >= 0.6 is 0 Å². The van der Waals surface area contributed by atoms with E-state index in [0.29, 0.717) is 6.42 Å². The summed E-state index contributed by atoms with van der Waals surface area (Å²) < 4.78 is 4.88. The Bertz CT molecular complexity index is 339. The second kappa shape index (κ2) is 27.4. The van der Waals surface area contributed by atoms with Gasteiger partial charge in [0.1, 0.15) is 12.7 Å². The van der Waals surface area contributed by atoms with E-state index < -0.39 is 6.10 Å². The van der Waals surface area contributed by atoms with Crippen LogP contribution in [0.2, 0.25) is 0 Å². The van der Waals surface area contributed by atoms with Gasteiger partial charge in [-0.25, -0.2) is 0 Å². The number of hydrogen-bond donors (Lipinski definition) is 2. The van der Waals surface area contributed by atoms with Crippen molar-refractivity contribution in [3.8, 4) is 0 Å². The zero-order valence-electron chi connectivity index (χ0n) is 20.3. The van der Waals surface area contributed by atoms with Gasteiger partial charge < -0.3 is 14.9 Å². The number of esters is 1. The molecule has 4 nitrogen and oxygen atoms in total.